The monoisotopic (exact) mass is 246 g/mol. The van der Waals surface area contributed by atoms with Gasteiger partial charge in [-0.15, -0.1) is 0 Å². The molecule has 1 aliphatic rings. The molecule has 18 heavy (non-hydrogen) atoms. The van der Waals surface area contributed by atoms with Gasteiger partial charge in [0.1, 0.15) is 0 Å². The summed E-state index contributed by atoms with van der Waals surface area (Å²) in [7, 11) is 2.08. The minimum Gasteiger partial charge on any atom is -0.349 e. The number of carbonyl (C=O) groups is 1. The maximum absolute atomic E-state index is 12.2. The van der Waals surface area contributed by atoms with Crippen molar-refractivity contribution in [3.8, 4) is 0 Å². The van der Waals surface area contributed by atoms with Crippen LogP contribution in [-0.2, 0) is 4.79 Å². The van der Waals surface area contributed by atoms with Crippen LogP contribution in [0.2, 0.25) is 0 Å². The van der Waals surface area contributed by atoms with E-state index in [1.807, 2.05) is 25.1 Å². The van der Waals surface area contributed by atoms with Crippen molar-refractivity contribution in [2.24, 2.45) is 5.92 Å². The lowest BCUT2D eigenvalue weighted by Crippen LogP contribution is -2.42. The van der Waals surface area contributed by atoms with Gasteiger partial charge in [-0.05, 0) is 38.9 Å². The molecule has 0 saturated carbocycles. The maximum Gasteiger partial charge on any atom is 0.224 e. The molecule has 1 aromatic carbocycles. The van der Waals surface area contributed by atoms with Gasteiger partial charge in [-0.1, -0.05) is 30.3 Å². The number of amides is 1. The standard InChI is InChI=1S/C15H22N2O/c1-12(13-7-4-3-5-8-13)16-15(18)14-9-6-10-17(2)11-14/h3-5,7-8,12,14H,6,9-11H2,1-2H3,(H,16,18)/t12-,14-/m0/s1. The molecule has 3 heteroatoms. The van der Waals surface area contributed by atoms with E-state index in [0.717, 1.165) is 31.5 Å². The van der Waals surface area contributed by atoms with Crippen molar-refractivity contribution in [1.29, 1.82) is 0 Å². The second-order valence-corrected chi connectivity index (χ2v) is 5.24. The lowest BCUT2D eigenvalue weighted by atomic mass is 9.97. The zero-order valence-corrected chi connectivity index (χ0v) is 11.2. The van der Waals surface area contributed by atoms with E-state index >= 15 is 0 Å². The topological polar surface area (TPSA) is 32.3 Å². The zero-order valence-electron chi connectivity index (χ0n) is 11.2. The molecule has 0 spiro atoms. The summed E-state index contributed by atoms with van der Waals surface area (Å²) in [6, 6.07) is 10.2. The van der Waals surface area contributed by atoms with Crippen molar-refractivity contribution >= 4 is 5.91 Å². The highest BCUT2D eigenvalue weighted by Gasteiger charge is 2.24. The average Bonchev–Trinajstić information content (AvgIpc) is 2.39. The number of hydrogen-bond acceptors (Lipinski definition) is 2. The Morgan fingerprint density at radius 1 is 1.39 bits per heavy atom. The van der Waals surface area contributed by atoms with Gasteiger partial charge in [-0.3, -0.25) is 4.79 Å². The highest BCUT2D eigenvalue weighted by molar-refractivity contribution is 5.79. The lowest BCUT2D eigenvalue weighted by Gasteiger charge is -2.29. The Morgan fingerprint density at radius 2 is 2.11 bits per heavy atom. The molecule has 3 nitrogen and oxygen atoms in total. The van der Waals surface area contributed by atoms with Gasteiger partial charge in [0.2, 0.25) is 5.91 Å². The quantitative estimate of drug-likeness (QED) is 0.887. The summed E-state index contributed by atoms with van der Waals surface area (Å²) in [6.07, 6.45) is 2.13. The molecular formula is C15H22N2O. The number of carbonyl (C=O) groups excluding carboxylic acids is 1. The number of rotatable bonds is 3. The fourth-order valence-corrected chi connectivity index (χ4v) is 2.54. The Bertz CT molecular complexity index is 391. The Morgan fingerprint density at radius 3 is 2.78 bits per heavy atom. The number of nitrogens with one attached hydrogen (secondary N) is 1. The third kappa shape index (κ3) is 3.33. The molecule has 0 unspecified atom stereocenters. The van der Waals surface area contributed by atoms with Crippen LogP contribution in [-0.4, -0.2) is 30.9 Å². The second-order valence-electron chi connectivity index (χ2n) is 5.24. The van der Waals surface area contributed by atoms with Crippen LogP contribution in [0, 0.1) is 5.92 Å². The Labute approximate surface area is 109 Å². The first kappa shape index (κ1) is 13.1. The maximum atomic E-state index is 12.2. The van der Waals surface area contributed by atoms with Gasteiger partial charge >= 0.3 is 0 Å². The molecule has 1 aliphatic heterocycles. The molecule has 0 bridgehead atoms. The third-order valence-corrected chi connectivity index (χ3v) is 3.65. The van der Waals surface area contributed by atoms with Gasteiger partial charge in [-0.25, -0.2) is 0 Å². The largest absolute Gasteiger partial charge is 0.349 e. The molecule has 1 fully saturated rings. The summed E-state index contributed by atoms with van der Waals surface area (Å²) in [6.45, 7) is 4.03. The van der Waals surface area contributed by atoms with Crippen molar-refractivity contribution in [2.45, 2.75) is 25.8 Å². The van der Waals surface area contributed by atoms with Crippen molar-refractivity contribution in [2.75, 3.05) is 20.1 Å². The van der Waals surface area contributed by atoms with Crippen LogP contribution in [0.15, 0.2) is 30.3 Å². The van der Waals surface area contributed by atoms with Crippen LogP contribution in [0.1, 0.15) is 31.4 Å². The van der Waals surface area contributed by atoms with Gasteiger partial charge in [0.25, 0.3) is 0 Å². The summed E-state index contributed by atoms with van der Waals surface area (Å²) < 4.78 is 0. The van der Waals surface area contributed by atoms with Crippen LogP contribution in [0.25, 0.3) is 0 Å². The first-order valence-electron chi connectivity index (χ1n) is 6.70. The molecule has 0 aliphatic carbocycles. The molecule has 1 saturated heterocycles. The Balaban J connectivity index is 1.91. The number of benzene rings is 1. The van der Waals surface area contributed by atoms with Crippen molar-refractivity contribution in [3.05, 3.63) is 35.9 Å². The Hall–Kier alpha value is -1.35. The van der Waals surface area contributed by atoms with E-state index in [0.29, 0.717) is 0 Å². The highest BCUT2D eigenvalue weighted by atomic mass is 16.2. The molecule has 1 aromatic rings. The molecule has 1 heterocycles. The summed E-state index contributed by atoms with van der Waals surface area (Å²) in [5.41, 5.74) is 1.16. The molecule has 1 amide bonds. The van der Waals surface area contributed by atoms with Crippen LogP contribution >= 0.6 is 0 Å². The van der Waals surface area contributed by atoms with Gasteiger partial charge in [0.15, 0.2) is 0 Å². The minimum absolute atomic E-state index is 0.0888. The van der Waals surface area contributed by atoms with Gasteiger partial charge in [-0.2, -0.15) is 0 Å². The third-order valence-electron chi connectivity index (χ3n) is 3.65. The van der Waals surface area contributed by atoms with Crippen LogP contribution in [0.4, 0.5) is 0 Å². The predicted molar refractivity (Wildman–Crippen MR) is 73.2 cm³/mol. The number of piperidine rings is 1. The van der Waals surface area contributed by atoms with E-state index in [1.54, 1.807) is 0 Å². The number of hydrogen-bond donors (Lipinski definition) is 1. The highest BCUT2D eigenvalue weighted by Crippen LogP contribution is 2.17. The summed E-state index contributed by atoms with van der Waals surface area (Å²) in [5.74, 6) is 0.341. The van der Waals surface area contributed by atoms with Gasteiger partial charge in [0, 0.05) is 6.54 Å². The molecule has 0 aromatic heterocycles. The van der Waals surface area contributed by atoms with E-state index in [2.05, 4.69) is 29.4 Å². The number of likely N-dealkylation sites (tertiary alicyclic amines) is 1. The predicted octanol–water partition coefficient (Wildman–Crippen LogP) is 2.21. The smallest absolute Gasteiger partial charge is 0.224 e. The molecule has 2 atom stereocenters. The average molecular weight is 246 g/mol. The number of nitrogens with zero attached hydrogens (tertiary/aromatic N) is 1. The van der Waals surface area contributed by atoms with Crippen LogP contribution in [0.5, 0.6) is 0 Å². The zero-order chi connectivity index (χ0) is 13.0. The van der Waals surface area contributed by atoms with Gasteiger partial charge < -0.3 is 10.2 Å². The van der Waals surface area contributed by atoms with E-state index in [9.17, 15) is 4.79 Å². The van der Waals surface area contributed by atoms with E-state index < -0.39 is 0 Å². The van der Waals surface area contributed by atoms with Crippen molar-refractivity contribution in [1.82, 2.24) is 10.2 Å². The van der Waals surface area contributed by atoms with Crippen molar-refractivity contribution < 1.29 is 4.79 Å². The first-order chi connectivity index (χ1) is 8.66. The van der Waals surface area contributed by atoms with E-state index in [1.165, 1.54) is 0 Å². The minimum atomic E-state index is 0.0888. The summed E-state index contributed by atoms with van der Waals surface area (Å²) >= 11 is 0. The molecular weight excluding hydrogens is 224 g/mol. The summed E-state index contributed by atoms with van der Waals surface area (Å²) in [5, 5.41) is 3.12. The molecule has 1 N–H and O–H groups in total. The fourth-order valence-electron chi connectivity index (χ4n) is 2.54. The van der Waals surface area contributed by atoms with Gasteiger partial charge in [0.05, 0.1) is 12.0 Å². The fraction of sp³-hybridized carbons (Fsp3) is 0.533. The molecule has 98 valence electrons. The van der Waals surface area contributed by atoms with Crippen LogP contribution < -0.4 is 5.32 Å². The van der Waals surface area contributed by atoms with E-state index in [-0.39, 0.29) is 17.9 Å². The first-order valence-corrected chi connectivity index (χ1v) is 6.70. The Kier molecular flexibility index (Phi) is 4.37. The second kappa shape index (κ2) is 6.01. The summed E-state index contributed by atoms with van der Waals surface area (Å²) in [4.78, 5) is 14.4. The lowest BCUT2D eigenvalue weighted by molar-refractivity contribution is -0.127. The van der Waals surface area contributed by atoms with E-state index in [4.69, 9.17) is 0 Å². The van der Waals surface area contributed by atoms with Crippen molar-refractivity contribution in [3.63, 3.8) is 0 Å². The van der Waals surface area contributed by atoms with Crippen LogP contribution in [0.3, 0.4) is 0 Å². The SMILES string of the molecule is C[C@H](NC(=O)[C@H]1CCCN(C)C1)c1ccccc1. The molecule has 0 radical (unpaired) electrons. The molecule has 2 rings (SSSR count). The normalized spacial score (nSPS) is 22.4.